The molecule has 0 aliphatic rings. The molecule has 0 spiro atoms. The van der Waals surface area contributed by atoms with Crippen LogP contribution in [0.1, 0.15) is 0 Å². The lowest BCUT2D eigenvalue weighted by Gasteiger charge is -2.12. The molecule has 0 saturated heterocycles. The minimum absolute atomic E-state index is 0.648. The number of fused-ring (bicyclic) bond motifs is 6. The molecule has 0 aliphatic heterocycles. The van der Waals surface area contributed by atoms with E-state index < -0.39 is 0 Å². The summed E-state index contributed by atoms with van der Waals surface area (Å²) in [7, 11) is 0. The van der Waals surface area contributed by atoms with Crippen molar-refractivity contribution >= 4 is 59.0 Å². The molecule has 0 aliphatic carbocycles. The second-order valence-corrected chi connectivity index (χ2v) is 11.2. The second kappa shape index (κ2) is 8.95. The van der Waals surface area contributed by atoms with E-state index in [0.717, 1.165) is 38.6 Å². The molecule has 0 bridgehead atoms. The summed E-state index contributed by atoms with van der Waals surface area (Å²) in [5.41, 5.74) is 8.55. The van der Waals surface area contributed by atoms with Crippen LogP contribution < -0.4 is 0 Å². The van der Waals surface area contributed by atoms with E-state index in [1.54, 1.807) is 0 Å². The first-order chi connectivity index (χ1) is 19.8. The average molecular weight is 527 g/mol. The van der Waals surface area contributed by atoms with Crippen molar-refractivity contribution in [1.82, 2.24) is 4.57 Å². The third-order valence-corrected chi connectivity index (χ3v) is 8.94. The number of nitrogens with zero attached hydrogens (tertiary/aromatic N) is 2. The maximum Gasteiger partial charge on any atom is 0.188 e. The molecular formula is C37H22N2S. The normalized spacial score (nSPS) is 11.5. The smallest absolute Gasteiger partial charge is 0.188 e. The Hall–Kier alpha value is -5.17. The minimum Gasteiger partial charge on any atom is -0.309 e. The Bertz CT molecular complexity index is 2270. The molecule has 0 saturated carbocycles. The Morgan fingerprint density at radius 3 is 2.00 bits per heavy atom. The second-order valence-electron chi connectivity index (χ2n) is 10.1. The van der Waals surface area contributed by atoms with Gasteiger partial charge in [-0.2, -0.15) is 0 Å². The Kier molecular flexibility index (Phi) is 5.10. The lowest BCUT2D eigenvalue weighted by Crippen LogP contribution is -1.95. The quantitative estimate of drug-likeness (QED) is 0.203. The van der Waals surface area contributed by atoms with E-state index in [1.165, 1.54) is 31.3 Å². The number of para-hydroxylation sites is 1. The van der Waals surface area contributed by atoms with Gasteiger partial charge >= 0.3 is 0 Å². The van der Waals surface area contributed by atoms with Crippen molar-refractivity contribution in [3.63, 3.8) is 0 Å². The Labute approximate surface area is 235 Å². The molecule has 0 amide bonds. The largest absolute Gasteiger partial charge is 0.309 e. The molecule has 0 fully saturated rings. The van der Waals surface area contributed by atoms with Crippen LogP contribution in [0.5, 0.6) is 0 Å². The zero-order valence-electron chi connectivity index (χ0n) is 21.5. The van der Waals surface area contributed by atoms with Gasteiger partial charge in [0.05, 0.1) is 17.6 Å². The SMILES string of the molecule is [C-]#[N+]c1cc(-c2ccccc2)c2c(c1)c1cc(-c3ccc4sc5ccccc5c4c3)ccc1n2-c1ccccc1. The highest BCUT2D eigenvalue weighted by molar-refractivity contribution is 7.25. The third-order valence-electron chi connectivity index (χ3n) is 7.78. The van der Waals surface area contributed by atoms with Gasteiger partial charge in [0, 0.05) is 31.2 Å². The highest BCUT2D eigenvalue weighted by Crippen LogP contribution is 2.43. The van der Waals surface area contributed by atoms with E-state index in [-0.39, 0.29) is 0 Å². The summed E-state index contributed by atoms with van der Waals surface area (Å²) in [5.74, 6) is 0. The summed E-state index contributed by atoms with van der Waals surface area (Å²) in [6, 6.07) is 47.2. The first-order valence-corrected chi connectivity index (χ1v) is 14.1. The molecule has 0 atom stereocenters. The molecule has 0 N–H and O–H groups in total. The molecule has 2 aromatic heterocycles. The maximum atomic E-state index is 7.88. The summed E-state index contributed by atoms with van der Waals surface area (Å²) in [5, 5.41) is 4.84. The molecule has 0 radical (unpaired) electrons. The van der Waals surface area contributed by atoms with Crippen molar-refractivity contribution < 1.29 is 0 Å². The van der Waals surface area contributed by atoms with Crippen molar-refractivity contribution in [1.29, 1.82) is 0 Å². The van der Waals surface area contributed by atoms with Gasteiger partial charge in [0.25, 0.3) is 0 Å². The van der Waals surface area contributed by atoms with Crippen LogP contribution in [0.3, 0.4) is 0 Å². The fourth-order valence-corrected chi connectivity index (χ4v) is 7.05. The highest BCUT2D eigenvalue weighted by atomic mass is 32.1. The van der Waals surface area contributed by atoms with Crippen LogP contribution in [0.25, 0.3) is 74.8 Å². The number of rotatable bonds is 3. The van der Waals surface area contributed by atoms with Crippen LogP contribution in [0.2, 0.25) is 0 Å². The van der Waals surface area contributed by atoms with Gasteiger partial charge in [-0.15, -0.1) is 11.3 Å². The van der Waals surface area contributed by atoms with Crippen LogP contribution in [0.15, 0.2) is 133 Å². The molecule has 8 rings (SSSR count). The van der Waals surface area contributed by atoms with Gasteiger partial charge in [0.2, 0.25) is 0 Å². The zero-order valence-corrected chi connectivity index (χ0v) is 22.3. The van der Waals surface area contributed by atoms with Crippen molar-refractivity contribution in [3.8, 4) is 27.9 Å². The molecule has 3 heteroatoms. The summed E-state index contributed by atoms with van der Waals surface area (Å²) in [4.78, 5) is 3.88. The van der Waals surface area contributed by atoms with Gasteiger partial charge in [-0.3, -0.25) is 0 Å². The Balaban J connectivity index is 1.45. The van der Waals surface area contributed by atoms with Gasteiger partial charge < -0.3 is 4.57 Å². The summed E-state index contributed by atoms with van der Waals surface area (Å²) < 4.78 is 4.97. The fraction of sp³-hybridized carbons (Fsp3) is 0. The predicted octanol–water partition coefficient (Wildman–Crippen LogP) is 11.0. The van der Waals surface area contributed by atoms with Gasteiger partial charge in [-0.25, -0.2) is 4.85 Å². The fourth-order valence-electron chi connectivity index (χ4n) is 5.97. The number of aromatic nitrogens is 1. The maximum absolute atomic E-state index is 7.88. The third kappa shape index (κ3) is 3.48. The number of hydrogen-bond acceptors (Lipinski definition) is 1. The molecule has 2 heterocycles. The van der Waals surface area contributed by atoms with Crippen LogP contribution >= 0.6 is 11.3 Å². The Morgan fingerprint density at radius 2 is 1.20 bits per heavy atom. The van der Waals surface area contributed by atoms with Crippen LogP contribution in [-0.2, 0) is 0 Å². The van der Waals surface area contributed by atoms with Gasteiger partial charge in [-0.05, 0) is 82.2 Å². The lowest BCUT2D eigenvalue weighted by atomic mass is 9.98. The molecule has 40 heavy (non-hydrogen) atoms. The van der Waals surface area contributed by atoms with E-state index in [9.17, 15) is 0 Å². The lowest BCUT2D eigenvalue weighted by molar-refractivity contribution is 1.18. The molecule has 8 aromatic rings. The van der Waals surface area contributed by atoms with Crippen LogP contribution in [0.4, 0.5) is 5.69 Å². The van der Waals surface area contributed by atoms with Gasteiger partial charge in [-0.1, -0.05) is 78.9 Å². The van der Waals surface area contributed by atoms with Crippen molar-refractivity contribution in [2.75, 3.05) is 0 Å². The summed E-state index contributed by atoms with van der Waals surface area (Å²) >= 11 is 1.84. The van der Waals surface area contributed by atoms with Crippen LogP contribution in [0, 0.1) is 6.57 Å². The Morgan fingerprint density at radius 1 is 0.525 bits per heavy atom. The molecular weight excluding hydrogens is 504 g/mol. The zero-order chi connectivity index (χ0) is 26.6. The molecule has 0 unspecified atom stereocenters. The number of benzene rings is 6. The number of thiophene rings is 1. The topological polar surface area (TPSA) is 9.29 Å². The highest BCUT2D eigenvalue weighted by Gasteiger charge is 2.19. The van der Waals surface area contributed by atoms with Crippen molar-refractivity contribution in [3.05, 3.63) is 145 Å². The van der Waals surface area contributed by atoms with Crippen molar-refractivity contribution in [2.45, 2.75) is 0 Å². The number of hydrogen-bond donors (Lipinski definition) is 0. The van der Waals surface area contributed by atoms with E-state index in [4.69, 9.17) is 6.57 Å². The van der Waals surface area contributed by atoms with E-state index >= 15 is 0 Å². The monoisotopic (exact) mass is 526 g/mol. The van der Waals surface area contributed by atoms with E-state index in [2.05, 4.69) is 131 Å². The van der Waals surface area contributed by atoms with Crippen LogP contribution in [-0.4, -0.2) is 4.57 Å². The average Bonchev–Trinajstić information content (AvgIpc) is 3.56. The summed E-state index contributed by atoms with van der Waals surface area (Å²) in [6.07, 6.45) is 0. The van der Waals surface area contributed by atoms with Gasteiger partial charge in [0.1, 0.15) is 0 Å². The molecule has 6 aromatic carbocycles. The van der Waals surface area contributed by atoms with E-state index in [1.807, 2.05) is 23.5 Å². The van der Waals surface area contributed by atoms with Gasteiger partial charge in [0.15, 0.2) is 5.69 Å². The first-order valence-electron chi connectivity index (χ1n) is 13.3. The molecule has 186 valence electrons. The minimum atomic E-state index is 0.648. The summed E-state index contributed by atoms with van der Waals surface area (Å²) in [6.45, 7) is 7.88. The standard InChI is InChI=1S/C37H22N2S/c1-38-27-22-30(24-10-4-2-5-11-24)37-33(23-27)31-20-25(16-18-34(31)39(37)28-12-6-3-7-13-28)26-17-19-36-32(21-26)29-14-8-9-15-35(29)40-36/h2-23H. The molecule has 2 nitrogen and oxygen atoms in total. The predicted molar refractivity (Wildman–Crippen MR) is 171 cm³/mol. The van der Waals surface area contributed by atoms with E-state index in [0.29, 0.717) is 5.69 Å². The first kappa shape index (κ1) is 22.8. The van der Waals surface area contributed by atoms with Crippen molar-refractivity contribution in [2.24, 2.45) is 0 Å².